The molecule has 0 saturated heterocycles. The number of hydrogen-bond acceptors (Lipinski definition) is 3. The summed E-state index contributed by atoms with van der Waals surface area (Å²) >= 11 is 0. The van der Waals surface area contributed by atoms with Gasteiger partial charge in [-0.15, -0.1) is 0 Å². The SMILES string of the molecule is COC(=O)C(O)c1cc2cccc(C)c2n1C. The van der Waals surface area contributed by atoms with Gasteiger partial charge in [0.2, 0.25) is 0 Å². The van der Waals surface area contributed by atoms with Crippen LogP contribution in [0.15, 0.2) is 24.3 Å². The molecule has 2 aromatic rings. The normalized spacial score (nSPS) is 12.7. The summed E-state index contributed by atoms with van der Waals surface area (Å²) < 4.78 is 6.37. The molecule has 1 heterocycles. The van der Waals surface area contributed by atoms with Crippen molar-refractivity contribution in [3.05, 3.63) is 35.5 Å². The number of aromatic nitrogens is 1. The second kappa shape index (κ2) is 4.22. The number of aliphatic hydroxyl groups excluding tert-OH is 1. The summed E-state index contributed by atoms with van der Waals surface area (Å²) in [4.78, 5) is 11.3. The highest BCUT2D eigenvalue weighted by Gasteiger charge is 2.22. The van der Waals surface area contributed by atoms with E-state index >= 15 is 0 Å². The van der Waals surface area contributed by atoms with Crippen LogP contribution in [-0.2, 0) is 16.6 Å². The summed E-state index contributed by atoms with van der Waals surface area (Å²) in [6, 6.07) is 7.71. The first-order valence-electron chi connectivity index (χ1n) is 5.37. The molecular weight excluding hydrogens is 218 g/mol. The number of benzene rings is 1. The van der Waals surface area contributed by atoms with Crippen molar-refractivity contribution < 1.29 is 14.6 Å². The van der Waals surface area contributed by atoms with Gasteiger partial charge in [0.15, 0.2) is 6.10 Å². The summed E-state index contributed by atoms with van der Waals surface area (Å²) in [7, 11) is 3.09. The zero-order valence-electron chi connectivity index (χ0n) is 10.1. The molecule has 0 aliphatic heterocycles. The summed E-state index contributed by atoms with van der Waals surface area (Å²) in [6.07, 6.45) is -1.24. The highest BCUT2D eigenvalue weighted by molar-refractivity contribution is 5.86. The molecule has 0 bridgehead atoms. The van der Waals surface area contributed by atoms with Gasteiger partial charge in [0.1, 0.15) is 0 Å². The van der Waals surface area contributed by atoms with Crippen molar-refractivity contribution in [2.75, 3.05) is 7.11 Å². The van der Waals surface area contributed by atoms with Crippen LogP contribution in [0, 0.1) is 6.92 Å². The van der Waals surface area contributed by atoms with Crippen LogP contribution in [0.3, 0.4) is 0 Å². The molecule has 0 spiro atoms. The van der Waals surface area contributed by atoms with Gasteiger partial charge in [-0.3, -0.25) is 0 Å². The summed E-state index contributed by atoms with van der Waals surface area (Å²) in [6.45, 7) is 2.00. The quantitative estimate of drug-likeness (QED) is 0.803. The van der Waals surface area contributed by atoms with Crippen molar-refractivity contribution in [2.45, 2.75) is 13.0 Å². The van der Waals surface area contributed by atoms with E-state index in [1.165, 1.54) is 7.11 Å². The number of ether oxygens (including phenoxy) is 1. The van der Waals surface area contributed by atoms with Crippen molar-refractivity contribution in [2.24, 2.45) is 7.05 Å². The number of rotatable bonds is 2. The number of fused-ring (bicyclic) bond motifs is 1. The molecule has 4 nitrogen and oxygen atoms in total. The molecule has 0 fully saturated rings. The lowest BCUT2D eigenvalue weighted by molar-refractivity contribution is -0.151. The molecule has 0 aliphatic rings. The van der Waals surface area contributed by atoms with Crippen LogP contribution in [0.2, 0.25) is 0 Å². The Kier molecular flexibility index (Phi) is 2.90. The Labute approximate surface area is 99.4 Å². The van der Waals surface area contributed by atoms with E-state index in [9.17, 15) is 9.90 Å². The molecule has 90 valence electrons. The Morgan fingerprint density at radius 3 is 2.76 bits per heavy atom. The van der Waals surface area contributed by atoms with Gasteiger partial charge in [0, 0.05) is 12.4 Å². The fourth-order valence-corrected chi connectivity index (χ4v) is 2.14. The van der Waals surface area contributed by atoms with E-state index in [1.54, 1.807) is 0 Å². The second-order valence-corrected chi connectivity index (χ2v) is 4.07. The molecule has 1 aromatic carbocycles. The van der Waals surface area contributed by atoms with E-state index in [-0.39, 0.29) is 0 Å². The van der Waals surface area contributed by atoms with Gasteiger partial charge in [-0.2, -0.15) is 0 Å². The van der Waals surface area contributed by atoms with Crippen molar-refractivity contribution in [1.82, 2.24) is 4.57 Å². The lowest BCUT2D eigenvalue weighted by atomic mass is 10.1. The first-order chi connectivity index (χ1) is 8.06. The maximum absolute atomic E-state index is 11.3. The second-order valence-electron chi connectivity index (χ2n) is 4.07. The van der Waals surface area contributed by atoms with Crippen LogP contribution in [0.4, 0.5) is 0 Å². The smallest absolute Gasteiger partial charge is 0.340 e. The fraction of sp³-hybridized carbons (Fsp3) is 0.308. The molecule has 0 radical (unpaired) electrons. The third-order valence-electron chi connectivity index (χ3n) is 3.00. The van der Waals surface area contributed by atoms with E-state index in [0.717, 1.165) is 16.5 Å². The zero-order valence-corrected chi connectivity index (χ0v) is 10.1. The molecule has 1 atom stereocenters. The van der Waals surface area contributed by atoms with Crippen LogP contribution in [0.1, 0.15) is 17.4 Å². The van der Waals surface area contributed by atoms with E-state index < -0.39 is 12.1 Å². The average molecular weight is 233 g/mol. The van der Waals surface area contributed by atoms with Crippen LogP contribution >= 0.6 is 0 Å². The lowest BCUT2D eigenvalue weighted by Gasteiger charge is -2.10. The Hall–Kier alpha value is -1.81. The monoisotopic (exact) mass is 233 g/mol. The largest absolute Gasteiger partial charge is 0.467 e. The third-order valence-corrected chi connectivity index (χ3v) is 3.00. The highest BCUT2D eigenvalue weighted by atomic mass is 16.5. The fourth-order valence-electron chi connectivity index (χ4n) is 2.14. The maximum Gasteiger partial charge on any atom is 0.340 e. The first kappa shape index (κ1) is 11.7. The van der Waals surface area contributed by atoms with Gasteiger partial charge < -0.3 is 14.4 Å². The van der Waals surface area contributed by atoms with Crippen molar-refractivity contribution >= 4 is 16.9 Å². The zero-order chi connectivity index (χ0) is 12.6. The number of esters is 1. The van der Waals surface area contributed by atoms with Gasteiger partial charge in [0.05, 0.1) is 18.3 Å². The van der Waals surface area contributed by atoms with Gasteiger partial charge in [-0.1, -0.05) is 18.2 Å². The number of para-hydroxylation sites is 1. The molecule has 4 heteroatoms. The van der Waals surface area contributed by atoms with Crippen molar-refractivity contribution in [1.29, 1.82) is 0 Å². The predicted octanol–water partition coefficient (Wildman–Crippen LogP) is 1.69. The van der Waals surface area contributed by atoms with Gasteiger partial charge in [-0.25, -0.2) is 4.79 Å². The average Bonchev–Trinajstić information content (AvgIpc) is 2.66. The molecular formula is C13H15NO3. The van der Waals surface area contributed by atoms with Crippen LogP contribution < -0.4 is 0 Å². The highest BCUT2D eigenvalue weighted by Crippen LogP contribution is 2.26. The van der Waals surface area contributed by atoms with Gasteiger partial charge in [-0.05, 0) is 18.6 Å². The van der Waals surface area contributed by atoms with Crippen LogP contribution in [0.5, 0.6) is 0 Å². The van der Waals surface area contributed by atoms with Crippen LogP contribution in [-0.4, -0.2) is 22.8 Å². The van der Waals surface area contributed by atoms with Crippen molar-refractivity contribution in [3.8, 4) is 0 Å². The number of aliphatic hydroxyl groups is 1. The number of methoxy groups -OCH3 is 1. The molecule has 0 aliphatic carbocycles. The Morgan fingerprint density at radius 1 is 1.47 bits per heavy atom. The van der Waals surface area contributed by atoms with E-state index in [1.807, 2.05) is 42.8 Å². The number of aryl methyl sites for hydroxylation is 2. The number of hydrogen-bond donors (Lipinski definition) is 1. The Balaban J connectivity index is 2.60. The van der Waals surface area contributed by atoms with E-state index in [0.29, 0.717) is 5.69 Å². The topological polar surface area (TPSA) is 51.5 Å². The number of carbonyl (C=O) groups is 1. The molecule has 1 aromatic heterocycles. The molecule has 1 N–H and O–H groups in total. The maximum atomic E-state index is 11.3. The standard InChI is InChI=1S/C13H15NO3/c1-8-5-4-6-9-7-10(14(2)11(8)9)12(15)13(16)17-3/h4-7,12,15H,1-3H3. The molecule has 0 saturated carbocycles. The third kappa shape index (κ3) is 1.80. The molecule has 0 amide bonds. The Morgan fingerprint density at radius 2 is 2.18 bits per heavy atom. The van der Waals surface area contributed by atoms with Gasteiger partial charge >= 0.3 is 5.97 Å². The number of carbonyl (C=O) groups excluding carboxylic acids is 1. The van der Waals surface area contributed by atoms with Crippen LogP contribution in [0.25, 0.3) is 10.9 Å². The molecule has 2 rings (SSSR count). The lowest BCUT2D eigenvalue weighted by Crippen LogP contribution is -2.16. The van der Waals surface area contributed by atoms with Crippen molar-refractivity contribution in [3.63, 3.8) is 0 Å². The van der Waals surface area contributed by atoms with E-state index in [2.05, 4.69) is 4.74 Å². The predicted molar refractivity (Wildman–Crippen MR) is 64.6 cm³/mol. The summed E-state index contributed by atoms with van der Waals surface area (Å²) in [5, 5.41) is 10.9. The minimum Gasteiger partial charge on any atom is -0.467 e. The van der Waals surface area contributed by atoms with E-state index in [4.69, 9.17) is 0 Å². The Bertz CT molecular complexity index is 571. The number of nitrogens with zero attached hydrogens (tertiary/aromatic N) is 1. The molecule has 1 unspecified atom stereocenters. The first-order valence-corrected chi connectivity index (χ1v) is 5.37. The molecule has 17 heavy (non-hydrogen) atoms. The van der Waals surface area contributed by atoms with Gasteiger partial charge in [0.25, 0.3) is 0 Å². The minimum absolute atomic E-state index is 0.543. The summed E-state index contributed by atoms with van der Waals surface area (Å²) in [5.74, 6) is -0.645. The summed E-state index contributed by atoms with van der Waals surface area (Å²) in [5.41, 5.74) is 2.67. The minimum atomic E-state index is -1.24.